The largest absolute Gasteiger partial charge is 0.489 e. The number of fused-ring (bicyclic) bond motifs is 4. The molecule has 0 saturated heterocycles. The summed E-state index contributed by atoms with van der Waals surface area (Å²) < 4.78 is 41.4. The zero-order valence-electron chi connectivity index (χ0n) is 19.3. The van der Waals surface area contributed by atoms with Crippen molar-refractivity contribution >= 4 is 27.2 Å². The van der Waals surface area contributed by atoms with E-state index in [4.69, 9.17) is 9.52 Å². The van der Waals surface area contributed by atoms with Crippen LogP contribution in [0.25, 0.3) is 11.1 Å². The molecule has 4 rings (SSSR count). The van der Waals surface area contributed by atoms with Crippen LogP contribution in [0.2, 0.25) is 0 Å². The van der Waals surface area contributed by atoms with E-state index in [0.717, 1.165) is 6.42 Å². The topological polar surface area (TPSA) is 103 Å². The summed E-state index contributed by atoms with van der Waals surface area (Å²) in [6.07, 6.45) is 3.00. The summed E-state index contributed by atoms with van der Waals surface area (Å²) in [7, 11) is 0.994. The maximum Gasteiger partial charge on any atom is 0.229 e. The summed E-state index contributed by atoms with van der Waals surface area (Å²) in [4.78, 5) is 11.5. The van der Waals surface area contributed by atoms with Crippen molar-refractivity contribution in [2.45, 2.75) is 17.7 Å². The molecule has 2 aromatic carbocycles. The molecule has 1 aromatic heterocycles. The number of hydrogen-bond acceptors (Lipinski definition) is 8. The quantitative estimate of drug-likeness (QED) is 0.487. The Kier molecular flexibility index (Phi) is 7.28. The van der Waals surface area contributed by atoms with E-state index < -0.39 is 15.5 Å². The van der Waals surface area contributed by atoms with Crippen LogP contribution in [0.1, 0.15) is 12.8 Å². The zero-order valence-corrected chi connectivity index (χ0v) is 20.1. The van der Waals surface area contributed by atoms with Gasteiger partial charge >= 0.3 is 0 Å². The van der Waals surface area contributed by atoms with Crippen molar-refractivity contribution in [1.29, 1.82) is 4.78 Å². The Morgan fingerprint density at radius 1 is 1.21 bits per heavy atom. The summed E-state index contributed by atoms with van der Waals surface area (Å²) in [5.41, 5.74) is 1.95. The third kappa shape index (κ3) is 5.81. The molecule has 0 saturated carbocycles. The van der Waals surface area contributed by atoms with Gasteiger partial charge < -0.3 is 20.3 Å². The summed E-state index contributed by atoms with van der Waals surface area (Å²) >= 11 is 0. The summed E-state index contributed by atoms with van der Waals surface area (Å²) in [6.45, 7) is 1.66. The molecule has 180 valence electrons. The van der Waals surface area contributed by atoms with Gasteiger partial charge in [0.05, 0.1) is 9.73 Å². The third-order valence-corrected chi connectivity index (χ3v) is 7.33. The number of nitrogens with one attached hydrogen (secondary N) is 3. The predicted octanol–water partition coefficient (Wildman–Crippen LogP) is 4.58. The lowest BCUT2D eigenvalue weighted by Gasteiger charge is -2.15. The van der Waals surface area contributed by atoms with Crippen molar-refractivity contribution in [2.75, 3.05) is 50.2 Å². The Morgan fingerprint density at radius 2 is 2.06 bits per heavy atom. The number of likely N-dealkylation sites (N-methyl/N-ethyl adjacent to an activating group) is 1. The van der Waals surface area contributed by atoms with Crippen molar-refractivity contribution in [2.24, 2.45) is 0 Å². The molecule has 0 spiro atoms. The molecule has 2 heterocycles. The first-order valence-electron chi connectivity index (χ1n) is 11.1. The van der Waals surface area contributed by atoms with Crippen LogP contribution >= 0.6 is 0 Å². The standard InChI is InChI=1S/C24H29FN6O2S/c1-31(2)11-12-33-22-9-8-17(14-21(22)25)20-16-28-24-29-18-6-5-7-19(15-18)34(26,32)13-4-3-10-27-23(20)30-24/h5-9,14-16,26H,3-4,10-13H2,1-2H3,(H2,27,28,29,30). The predicted molar refractivity (Wildman–Crippen MR) is 133 cm³/mol. The van der Waals surface area contributed by atoms with Gasteiger partial charge in [0.1, 0.15) is 12.4 Å². The van der Waals surface area contributed by atoms with Crippen LogP contribution in [0.3, 0.4) is 0 Å². The van der Waals surface area contributed by atoms with Gasteiger partial charge in [-0.3, -0.25) is 0 Å². The van der Waals surface area contributed by atoms with Crippen molar-refractivity contribution in [3.63, 3.8) is 0 Å². The number of rotatable bonds is 5. The maximum atomic E-state index is 14.7. The number of aromatic nitrogens is 2. The van der Waals surface area contributed by atoms with Crippen LogP contribution in [0.5, 0.6) is 5.75 Å². The summed E-state index contributed by atoms with van der Waals surface area (Å²) in [5.74, 6) is 0.965. The van der Waals surface area contributed by atoms with Gasteiger partial charge in [0, 0.05) is 41.2 Å². The van der Waals surface area contributed by atoms with Gasteiger partial charge in [0.2, 0.25) is 5.95 Å². The number of halogens is 1. The lowest BCUT2D eigenvalue weighted by Crippen LogP contribution is -2.19. The van der Waals surface area contributed by atoms with Gasteiger partial charge in [-0.25, -0.2) is 18.4 Å². The molecule has 0 fully saturated rings. The molecule has 1 aliphatic rings. The van der Waals surface area contributed by atoms with E-state index in [1.807, 2.05) is 25.1 Å². The molecule has 34 heavy (non-hydrogen) atoms. The second-order valence-corrected chi connectivity index (χ2v) is 10.6. The minimum Gasteiger partial charge on any atom is -0.489 e. The molecule has 1 atom stereocenters. The Balaban J connectivity index is 1.63. The van der Waals surface area contributed by atoms with Crippen LogP contribution in [0.4, 0.5) is 21.8 Å². The van der Waals surface area contributed by atoms with Crippen molar-refractivity contribution in [3.8, 4) is 16.9 Å². The Morgan fingerprint density at radius 3 is 2.85 bits per heavy atom. The highest BCUT2D eigenvalue weighted by Crippen LogP contribution is 2.31. The second-order valence-electron chi connectivity index (χ2n) is 8.42. The van der Waals surface area contributed by atoms with E-state index in [0.29, 0.717) is 59.6 Å². The first-order valence-corrected chi connectivity index (χ1v) is 12.9. The SMILES string of the molecule is CN(C)CCOc1ccc(-c2cnc3nc2NCCCCS(=N)(=O)c2cccc(c2)N3)cc1F. The van der Waals surface area contributed by atoms with E-state index >= 15 is 0 Å². The van der Waals surface area contributed by atoms with Gasteiger partial charge in [-0.05, 0) is 62.8 Å². The molecule has 8 nitrogen and oxygen atoms in total. The molecule has 0 amide bonds. The van der Waals surface area contributed by atoms with E-state index in [1.165, 1.54) is 6.07 Å². The van der Waals surface area contributed by atoms with Gasteiger partial charge in [0.25, 0.3) is 0 Å². The Labute approximate surface area is 199 Å². The van der Waals surface area contributed by atoms with Crippen LogP contribution < -0.4 is 15.4 Å². The fourth-order valence-electron chi connectivity index (χ4n) is 3.57. The Hall–Kier alpha value is -3.24. The first kappa shape index (κ1) is 23.9. The molecule has 3 aromatic rings. The highest BCUT2D eigenvalue weighted by Gasteiger charge is 2.15. The van der Waals surface area contributed by atoms with Crippen LogP contribution in [0.15, 0.2) is 53.6 Å². The highest BCUT2D eigenvalue weighted by atomic mass is 32.2. The smallest absolute Gasteiger partial charge is 0.229 e. The molecule has 0 aliphatic carbocycles. The van der Waals surface area contributed by atoms with Crippen LogP contribution in [-0.4, -0.2) is 58.6 Å². The van der Waals surface area contributed by atoms with Gasteiger partial charge in [-0.1, -0.05) is 12.1 Å². The Bertz CT molecular complexity index is 1270. The third-order valence-electron chi connectivity index (χ3n) is 5.45. The van der Waals surface area contributed by atoms with Gasteiger partial charge in [-0.15, -0.1) is 0 Å². The summed E-state index contributed by atoms with van der Waals surface area (Å²) in [5, 5.41) is 6.42. The van der Waals surface area contributed by atoms with E-state index in [-0.39, 0.29) is 11.5 Å². The molecule has 1 unspecified atom stereocenters. The minimum absolute atomic E-state index is 0.205. The molecule has 10 heteroatoms. The molecule has 4 bridgehead atoms. The zero-order chi connectivity index (χ0) is 24.1. The molecular formula is C24H29FN6O2S. The number of hydrogen-bond donors (Lipinski definition) is 3. The van der Waals surface area contributed by atoms with Gasteiger partial charge in [-0.2, -0.15) is 4.98 Å². The average molecular weight is 485 g/mol. The van der Waals surface area contributed by atoms with Crippen LogP contribution in [-0.2, 0) is 9.73 Å². The fourth-order valence-corrected chi connectivity index (χ4v) is 5.04. The maximum absolute atomic E-state index is 14.7. The minimum atomic E-state index is -2.87. The number of ether oxygens (including phenoxy) is 1. The lowest BCUT2D eigenvalue weighted by atomic mass is 10.1. The molecule has 3 N–H and O–H groups in total. The van der Waals surface area contributed by atoms with E-state index in [2.05, 4.69) is 20.6 Å². The van der Waals surface area contributed by atoms with Gasteiger partial charge in [0.15, 0.2) is 11.6 Å². The van der Waals surface area contributed by atoms with E-state index in [9.17, 15) is 8.60 Å². The number of anilines is 3. The first-order chi connectivity index (χ1) is 16.3. The fraction of sp³-hybridized carbons (Fsp3) is 0.333. The second kappa shape index (κ2) is 10.4. The van der Waals surface area contributed by atoms with Crippen molar-refractivity contribution in [3.05, 3.63) is 54.5 Å². The van der Waals surface area contributed by atoms with Crippen molar-refractivity contribution in [1.82, 2.24) is 14.9 Å². The monoisotopic (exact) mass is 484 g/mol. The summed E-state index contributed by atoms with van der Waals surface area (Å²) in [6, 6.07) is 11.8. The van der Waals surface area contributed by atoms with Crippen LogP contribution in [0, 0.1) is 10.6 Å². The molecule has 0 radical (unpaired) electrons. The average Bonchev–Trinajstić information content (AvgIpc) is 2.80. The highest BCUT2D eigenvalue weighted by molar-refractivity contribution is 7.92. The lowest BCUT2D eigenvalue weighted by molar-refractivity contribution is 0.252. The number of nitrogens with zero attached hydrogens (tertiary/aromatic N) is 3. The number of benzene rings is 2. The molecule has 1 aliphatic heterocycles. The normalized spacial score (nSPS) is 18.1. The molecular weight excluding hydrogens is 455 g/mol. The van der Waals surface area contributed by atoms with Crippen molar-refractivity contribution < 1.29 is 13.3 Å². The van der Waals surface area contributed by atoms with E-state index in [1.54, 1.807) is 36.5 Å².